The summed E-state index contributed by atoms with van der Waals surface area (Å²) < 4.78 is 5.59. The largest absolute Gasteiger partial charge is 0.484 e. The van der Waals surface area contributed by atoms with Crippen LogP contribution in [0.3, 0.4) is 0 Å². The van der Waals surface area contributed by atoms with Crippen molar-refractivity contribution < 1.29 is 14.3 Å². The number of nitrogens with one attached hydrogen (secondary N) is 1. The van der Waals surface area contributed by atoms with E-state index in [1.807, 2.05) is 4.90 Å². The molecule has 0 spiro atoms. The molecule has 0 aromatic heterocycles. The summed E-state index contributed by atoms with van der Waals surface area (Å²) >= 11 is 0. The Morgan fingerprint density at radius 1 is 1.22 bits per heavy atom. The van der Waals surface area contributed by atoms with E-state index < -0.39 is 0 Å². The molecule has 2 atom stereocenters. The van der Waals surface area contributed by atoms with Crippen molar-refractivity contribution in [2.75, 3.05) is 32.8 Å². The molecule has 1 aromatic carbocycles. The maximum Gasteiger partial charge on any atom is 0.260 e. The van der Waals surface area contributed by atoms with Gasteiger partial charge in [-0.25, -0.2) is 0 Å². The van der Waals surface area contributed by atoms with Gasteiger partial charge in [0.2, 0.25) is 0 Å². The van der Waals surface area contributed by atoms with Crippen molar-refractivity contribution in [1.29, 1.82) is 0 Å². The Hall–Kier alpha value is -1.88. The number of fused-ring (bicyclic) bond motifs is 1. The number of ketones is 1. The van der Waals surface area contributed by atoms with E-state index in [0.717, 1.165) is 39.0 Å². The lowest BCUT2D eigenvalue weighted by molar-refractivity contribution is -0.133. The van der Waals surface area contributed by atoms with Gasteiger partial charge in [0, 0.05) is 18.7 Å². The van der Waals surface area contributed by atoms with Crippen LogP contribution in [0.4, 0.5) is 0 Å². The second-order valence-corrected chi connectivity index (χ2v) is 6.51. The topological polar surface area (TPSA) is 58.6 Å². The Morgan fingerprint density at radius 2 is 1.91 bits per heavy atom. The lowest BCUT2D eigenvalue weighted by Gasteiger charge is -2.21. The van der Waals surface area contributed by atoms with E-state index in [9.17, 15) is 9.59 Å². The standard InChI is InChI=1S/C18H24N2O3/c1-13(21)14-3-2-4-17(9-14)23-12-18(22)20-7-5-15-10-19-11-16(15)6-8-20/h2-4,9,15-16,19H,5-8,10-12H2,1H3/t15-,16+. The van der Waals surface area contributed by atoms with Crippen molar-refractivity contribution in [2.45, 2.75) is 19.8 Å². The Kier molecular flexibility index (Phi) is 4.96. The van der Waals surface area contributed by atoms with Crippen LogP contribution in [0, 0.1) is 11.8 Å². The first-order chi connectivity index (χ1) is 11.1. The van der Waals surface area contributed by atoms with Crippen LogP contribution in [0.5, 0.6) is 5.75 Å². The van der Waals surface area contributed by atoms with Crippen LogP contribution in [0.2, 0.25) is 0 Å². The van der Waals surface area contributed by atoms with E-state index in [0.29, 0.717) is 23.1 Å². The summed E-state index contributed by atoms with van der Waals surface area (Å²) in [6.07, 6.45) is 2.15. The van der Waals surface area contributed by atoms with Gasteiger partial charge in [-0.3, -0.25) is 9.59 Å². The van der Waals surface area contributed by atoms with E-state index in [2.05, 4.69) is 5.32 Å². The first kappa shape index (κ1) is 16.0. The van der Waals surface area contributed by atoms with Crippen LogP contribution in [0.1, 0.15) is 30.1 Å². The molecule has 1 aromatic rings. The Labute approximate surface area is 137 Å². The van der Waals surface area contributed by atoms with Gasteiger partial charge in [-0.2, -0.15) is 0 Å². The quantitative estimate of drug-likeness (QED) is 0.860. The molecule has 0 unspecified atom stereocenters. The average Bonchev–Trinajstić information content (AvgIpc) is 2.91. The molecule has 0 saturated carbocycles. The van der Waals surface area contributed by atoms with Gasteiger partial charge < -0.3 is 15.0 Å². The molecule has 3 rings (SSSR count). The predicted molar refractivity (Wildman–Crippen MR) is 87.6 cm³/mol. The lowest BCUT2D eigenvalue weighted by Crippen LogP contribution is -2.36. The van der Waals surface area contributed by atoms with Crippen molar-refractivity contribution in [3.63, 3.8) is 0 Å². The smallest absolute Gasteiger partial charge is 0.260 e. The minimum absolute atomic E-state index is 0.00514. The molecule has 0 bridgehead atoms. The number of nitrogens with zero attached hydrogens (tertiary/aromatic N) is 1. The molecule has 0 aliphatic carbocycles. The zero-order valence-corrected chi connectivity index (χ0v) is 13.6. The van der Waals surface area contributed by atoms with Crippen LogP contribution in [0.15, 0.2) is 24.3 Å². The number of hydrogen-bond acceptors (Lipinski definition) is 4. The Morgan fingerprint density at radius 3 is 2.57 bits per heavy atom. The molecule has 5 heteroatoms. The second-order valence-electron chi connectivity index (χ2n) is 6.51. The number of Topliss-reactive ketones (excluding diaryl/α,β-unsaturated/α-hetero) is 1. The van der Waals surface area contributed by atoms with E-state index >= 15 is 0 Å². The van der Waals surface area contributed by atoms with Crippen LogP contribution in [0.25, 0.3) is 0 Å². The average molecular weight is 316 g/mol. The molecule has 2 aliphatic heterocycles. The van der Waals surface area contributed by atoms with Gasteiger partial charge in [0.15, 0.2) is 12.4 Å². The highest BCUT2D eigenvalue weighted by Gasteiger charge is 2.31. The summed E-state index contributed by atoms with van der Waals surface area (Å²) in [6.45, 7) is 5.36. The molecular weight excluding hydrogens is 292 g/mol. The van der Waals surface area contributed by atoms with E-state index in [1.54, 1.807) is 24.3 Å². The third-order valence-electron chi connectivity index (χ3n) is 4.97. The summed E-state index contributed by atoms with van der Waals surface area (Å²) in [5.41, 5.74) is 0.602. The van der Waals surface area contributed by atoms with Crippen LogP contribution >= 0.6 is 0 Å². The lowest BCUT2D eigenvalue weighted by atomic mass is 9.92. The summed E-state index contributed by atoms with van der Waals surface area (Å²) in [7, 11) is 0. The van der Waals surface area contributed by atoms with Crippen molar-refractivity contribution in [2.24, 2.45) is 11.8 Å². The van der Waals surface area contributed by atoms with E-state index in [1.165, 1.54) is 6.92 Å². The summed E-state index contributed by atoms with van der Waals surface area (Å²) in [6, 6.07) is 6.99. The van der Waals surface area contributed by atoms with Gasteiger partial charge >= 0.3 is 0 Å². The number of rotatable bonds is 4. The number of hydrogen-bond donors (Lipinski definition) is 1. The van der Waals surface area contributed by atoms with E-state index in [4.69, 9.17) is 4.74 Å². The number of benzene rings is 1. The van der Waals surface area contributed by atoms with Gasteiger partial charge in [0.25, 0.3) is 5.91 Å². The number of carbonyl (C=O) groups excluding carboxylic acids is 2. The minimum Gasteiger partial charge on any atom is -0.484 e. The van der Waals surface area contributed by atoms with Crippen LogP contribution in [-0.4, -0.2) is 49.4 Å². The van der Waals surface area contributed by atoms with Crippen LogP contribution < -0.4 is 10.1 Å². The fourth-order valence-corrected chi connectivity index (χ4v) is 3.51. The Balaban J connectivity index is 1.53. The maximum absolute atomic E-state index is 12.4. The predicted octanol–water partition coefficient (Wildman–Crippen LogP) is 1.73. The second kappa shape index (κ2) is 7.13. The molecule has 0 radical (unpaired) electrons. The highest BCUT2D eigenvalue weighted by molar-refractivity contribution is 5.94. The fourth-order valence-electron chi connectivity index (χ4n) is 3.51. The van der Waals surface area contributed by atoms with Gasteiger partial charge in [-0.15, -0.1) is 0 Å². The minimum atomic E-state index is -0.00514. The molecular formula is C18H24N2O3. The molecule has 124 valence electrons. The zero-order valence-electron chi connectivity index (χ0n) is 13.6. The number of amides is 1. The third kappa shape index (κ3) is 3.91. The highest BCUT2D eigenvalue weighted by atomic mass is 16.5. The van der Waals surface area contributed by atoms with Crippen molar-refractivity contribution in [3.8, 4) is 5.75 Å². The van der Waals surface area contributed by atoms with Gasteiger partial charge in [-0.05, 0) is 56.8 Å². The number of likely N-dealkylation sites (tertiary alicyclic amines) is 1. The molecule has 1 N–H and O–H groups in total. The fraction of sp³-hybridized carbons (Fsp3) is 0.556. The number of ether oxygens (including phenoxy) is 1. The molecule has 2 saturated heterocycles. The summed E-state index contributed by atoms with van der Waals surface area (Å²) in [4.78, 5) is 25.7. The molecule has 2 heterocycles. The van der Waals surface area contributed by atoms with Gasteiger partial charge in [0.1, 0.15) is 5.75 Å². The first-order valence-electron chi connectivity index (χ1n) is 8.36. The molecule has 5 nitrogen and oxygen atoms in total. The summed E-state index contributed by atoms with van der Waals surface area (Å²) in [5, 5.41) is 3.44. The molecule has 1 amide bonds. The highest BCUT2D eigenvalue weighted by Crippen LogP contribution is 2.27. The third-order valence-corrected chi connectivity index (χ3v) is 4.97. The van der Waals surface area contributed by atoms with Gasteiger partial charge in [0.05, 0.1) is 0 Å². The zero-order chi connectivity index (χ0) is 16.2. The van der Waals surface area contributed by atoms with Gasteiger partial charge in [-0.1, -0.05) is 12.1 Å². The first-order valence-corrected chi connectivity index (χ1v) is 8.36. The maximum atomic E-state index is 12.4. The van der Waals surface area contributed by atoms with Crippen molar-refractivity contribution in [1.82, 2.24) is 10.2 Å². The monoisotopic (exact) mass is 316 g/mol. The molecule has 2 aliphatic rings. The van der Waals surface area contributed by atoms with Crippen LogP contribution in [-0.2, 0) is 4.79 Å². The van der Waals surface area contributed by atoms with Crippen molar-refractivity contribution in [3.05, 3.63) is 29.8 Å². The number of carbonyl (C=O) groups is 2. The summed E-state index contributed by atoms with van der Waals surface area (Å²) in [5.74, 6) is 2.02. The molecule has 2 fully saturated rings. The Bertz CT molecular complexity index is 573. The SMILES string of the molecule is CC(=O)c1cccc(OCC(=O)N2CC[C@@H]3CNC[C@@H]3CC2)c1. The van der Waals surface area contributed by atoms with Crippen molar-refractivity contribution >= 4 is 11.7 Å². The normalized spacial score (nSPS) is 24.0. The van der Waals surface area contributed by atoms with E-state index in [-0.39, 0.29) is 18.3 Å². The molecule has 23 heavy (non-hydrogen) atoms.